The van der Waals surface area contributed by atoms with Crippen LogP contribution in [-0.4, -0.2) is 29.4 Å². The third-order valence-corrected chi connectivity index (χ3v) is 3.53. The Hall–Kier alpha value is -2.83. The molecule has 0 aliphatic heterocycles. The van der Waals surface area contributed by atoms with E-state index in [2.05, 4.69) is 27.4 Å². The number of nitrogens with one attached hydrogen (secondary N) is 2. The lowest BCUT2D eigenvalue weighted by Crippen LogP contribution is -2.10. The van der Waals surface area contributed by atoms with Crippen LogP contribution < -0.4 is 20.5 Å². The van der Waals surface area contributed by atoms with Gasteiger partial charge in [0.2, 0.25) is 5.95 Å². The van der Waals surface area contributed by atoms with E-state index in [9.17, 15) is 4.79 Å². The lowest BCUT2D eigenvalue weighted by Gasteiger charge is -2.12. The molecule has 0 fully saturated rings. The third-order valence-electron chi connectivity index (χ3n) is 3.53. The number of benzene rings is 1. The van der Waals surface area contributed by atoms with Gasteiger partial charge in [0.1, 0.15) is 0 Å². The highest BCUT2D eigenvalue weighted by atomic mass is 16.5. The molecule has 7 nitrogen and oxygen atoms in total. The maximum atomic E-state index is 11.4. The van der Waals surface area contributed by atoms with E-state index < -0.39 is 0 Å². The lowest BCUT2D eigenvalue weighted by atomic mass is 10.2. The standard InChI is InChI=1S/C19H26N4O3/c1-4-6-7-10-26-16-9-8-15(12-17(16)25-5-2)13-20-23-19-21-14(3)11-18(24)22-19/h8-9,11-13H,4-7,10H2,1-3H3,(H2,21,22,23,24)/b20-13-. The van der Waals surface area contributed by atoms with Crippen LogP contribution in [0.15, 0.2) is 34.2 Å². The first-order valence-corrected chi connectivity index (χ1v) is 8.89. The minimum atomic E-state index is -0.224. The Morgan fingerprint density at radius 2 is 2.04 bits per heavy atom. The molecule has 7 heteroatoms. The van der Waals surface area contributed by atoms with E-state index in [0.717, 1.165) is 30.6 Å². The van der Waals surface area contributed by atoms with Crippen molar-refractivity contribution in [1.29, 1.82) is 0 Å². The summed E-state index contributed by atoms with van der Waals surface area (Å²) in [7, 11) is 0. The van der Waals surface area contributed by atoms with Gasteiger partial charge in [0, 0.05) is 11.8 Å². The molecule has 0 unspecified atom stereocenters. The molecule has 140 valence electrons. The van der Waals surface area contributed by atoms with Crippen LogP contribution in [0.3, 0.4) is 0 Å². The highest BCUT2D eigenvalue weighted by molar-refractivity contribution is 5.81. The molecular formula is C19H26N4O3. The van der Waals surface area contributed by atoms with Gasteiger partial charge in [0.25, 0.3) is 5.56 Å². The van der Waals surface area contributed by atoms with Crippen molar-refractivity contribution < 1.29 is 9.47 Å². The van der Waals surface area contributed by atoms with Gasteiger partial charge >= 0.3 is 0 Å². The number of hydrogen-bond acceptors (Lipinski definition) is 6. The fourth-order valence-corrected chi connectivity index (χ4v) is 2.33. The number of aromatic amines is 1. The summed E-state index contributed by atoms with van der Waals surface area (Å²) in [4.78, 5) is 18.1. The molecule has 1 aromatic heterocycles. The second-order valence-corrected chi connectivity index (χ2v) is 5.80. The molecule has 1 aromatic carbocycles. The molecule has 2 N–H and O–H groups in total. The van der Waals surface area contributed by atoms with Gasteiger partial charge in [-0.1, -0.05) is 19.8 Å². The van der Waals surface area contributed by atoms with Crippen LogP contribution in [0.4, 0.5) is 5.95 Å². The minimum absolute atomic E-state index is 0.224. The van der Waals surface area contributed by atoms with Gasteiger partial charge in [-0.25, -0.2) is 10.4 Å². The third kappa shape index (κ3) is 6.23. The molecule has 0 bridgehead atoms. The van der Waals surface area contributed by atoms with Gasteiger partial charge < -0.3 is 9.47 Å². The molecule has 0 saturated carbocycles. The first kappa shape index (κ1) is 19.5. The fourth-order valence-electron chi connectivity index (χ4n) is 2.33. The minimum Gasteiger partial charge on any atom is -0.490 e. The number of unbranched alkanes of at least 4 members (excludes halogenated alkanes) is 2. The first-order valence-electron chi connectivity index (χ1n) is 8.89. The molecule has 0 aliphatic carbocycles. The first-order chi connectivity index (χ1) is 12.6. The average molecular weight is 358 g/mol. The smallest absolute Gasteiger partial charge is 0.252 e. The van der Waals surface area contributed by atoms with Gasteiger partial charge in [-0.2, -0.15) is 5.10 Å². The van der Waals surface area contributed by atoms with E-state index in [0.29, 0.717) is 30.6 Å². The number of H-pyrrole nitrogens is 1. The monoisotopic (exact) mass is 358 g/mol. The number of ether oxygens (including phenoxy) is 2. The Morgan fingerprint density at radius 1 is 1.19 bits per heavy atom. The van der Waals surface area contributed by atoms with Gasteiger partial charge in [-0.15, -0.1) is 0 Å². The molecule has 0 amide bonds. The summed E-state index contributed by atoms with van der Waals surface area (Å²) in [6.45, 7) is 7.07. The zero-order valence-electron chi connectivity index (χ0n) is 15.5. The van der Waals surface area contributed by atoms with Crippen molar-refractivity contribution in [2.45, 2.75) is 40.0 Å². The highest BCUT2D eigenvalue weighted by Gasteiger charge is 2.06. The van der Waals surface area contributed by atoms with Crippen LogP contribution in [0.5, 0.6) is 11.5 Å². The second-order valence-electron chi connectivity index (χ2n) is 5.80. The molecule has 2 rings (SSSR count). The van der Waals surface area contributed by atoms with E-state index in [1.165, 1.54) is 6.07 Å². The van der Waals surface area contributed by atoms with E-state index in [1.54, 1.807) is 13.1 Å². The fraction of sp³-hybridized carbons (Fsp3) is 0.421. The molecule has 26 heavy (non-hydrogen) atoms. The van der Waals surface area contributed by atoms with Crippen molar-refractivity contribution in [2.75, 3.05) is 18.6 Å². The molecule has 0 saturated heterocycles. The average Bonchev–Trinajstić information content (AvgIpc) is 2.59. The quantitative estimate of drug-likeness (QED) is 0.385. The normalized spacial score (nSPS) is 10.9. The Morgan fingerprint density at radius 3 is 2.77 bits per heavy atom. The highest BCUT2D eigenvalue weighted by Crippen LogP contribution is 2.28. The van der Waals surface area contributed by atoms with Crippen molar-refractivity contribution in [1.82, 2.24) is 9.97 Å². The number of hydrazone groups is 1. The number of anilines is 1. The topological polar surface area (TPSA) is 88.6 Å². The Bertz CT molecular complexity index is 787. The maximum absolute atomic E-state index is 11.4. The van der Waals surface area contributed by atoms with Crippen LogP contribution in [-0.2, 0) is 0 Å². The Kier molecular flexibility index (Phi) is 7.67. The van der Waals surface area contributed by atoms with Crippen molar-refractivity contribution in [3.63, 3.8) is 0 Å². The number of rotatable bonds is 10. The van der Waals surface area contributed by atoms with Gasteiger partial charge in [-0.3, -0.25) is 9.78 Å². The van der Waals surface area contributed by atoms with Gasteiger partial charge in [0.15, 0.2) is 11.5 Å². The Labute approximate surface area is 153 Å². The lowest BCUT2D eigenvalue weighted by molar-refractivity contribution is 0.271. The largest absolute Gasteiger partial charge is 0.490 e. The van der Waals surface area contributed by atoms with Gasteiger partial charge in [-0.05, 0) is 44.0 Å². The SMILES string of the molecule is CCCCCOc1ccc(/C=N\Nc2nc(C)cc(=O)[nH]2)cc1OCC. The molecule has 2 aromatic rings. The molecule has 0 aliphatic rings. The van der Waals surface area contributed by atoms with Crippen LogP contribution in [0.1, 0.15) is 44.4 Å². The van der Waals surface area contributed by atoms with Crippen LogP contribution >= 0.6 is 0 Å². The predicted octanol–water partition coefficient (Wildman–Crippen LogP) is 3.49. The summed E-state index contributed by atoms with van der Waals surface area (Å²) in [6, 6.07) is 7.07. The number of hydrogen-bond donors (Lipinski definition) is 2. The second kappa shape index (κ2) is 10.2. The summed E-state index contributed by atoms with van der Waals surface area (Å²) in [5.41, 5.74) is 3.96. The Balaban J connectivity index is 2.04. The van der Waals surface area contributed by atoms with E-state index >= 15 is 0 Å². The number of aryl methyl sites for hydroxylation is 1. The van der Waals surface area contributed by atoms with E-state index in [-0.39, 0.29) is 5.56 Å². The van der Waals surface area contributed by atoms with Crippen molar-refractivity contribution in [3.8, 4) is 11.5 Å². The molecule has 0 radical (unpaired) electrons. The summed E-state index contributed by atoms with van der Waals surface area (Å²) >= 11 is 0. The van der Waals surface area contributed by atoms with Crippen LogP contribution in [0, 0.1) is 6.92 Å². The summed E-state index contributed by atoms with van der Waals surface area (Å²) in [5, 5.41) is 4.11. The van der Waals surface area contributed by atoms with E-state index in [1.807, 2.05) is 25.1 Å². The molecule has 0 spiro atoms. The maximum Gasteiger partial charge on any atom is 0.252 e. The van der Waals surface area contributed by atoms with Crippen LogP contribution in [0.25, 0.3) is 0 Å². The van der Waals surface area contributed by atoms with E-state index in [4.69, 9.17) is 9.47 Å². The van der Waals surface area contributed by atoms with Crippen molar-refractivity contribution >= 4 is 12.2 Å². The zero-order chi connectivity index (χ0) is 18.8. The van der Waals surface area contributed by atoms with Crippen molar-refractivity contribution in [2.24, 2.45) is 5.10 Å². The zero-order valence-corrected chi connectivity index (χ0v) is 15.5. The van der Waals surface area contributed by atoms with Crippen molar-refractivity contribution in [3.05, 3.63) is 45.9 Å². The molecule has 0 atom stereocenters. The molecule has 1 heterocycles. The predicted molar refractivity (Wildman–Crippen MR) is 103 cm³/mol. The molecular weight excluding hydrogens is 332 g/mol. The summed E-state index contributed by atoms with van der Waals surface area (Å²) < 4.78 is 11.5. The van der Waals surface area contributed by atoms with Crippen LogP contribution in [0.2, 0.25) is 0 Å². The summed E-state index contributed by atoms with van der Waals surface area (Å²) in [6.07, 6.45) is 4.96. The summed E-state index contributed by atoms with van der Waals surface area (Å²) in [5.74, 6) is 1.72. The number of aromatic nitrogens is 2. The van der Waals surface area contributed by atoms with Gasteiger partial charge in [0.05, 0.1) is 19.4 Å². The number of nitrogens with zero attached hydrogens (tertiary/aromatic N) is 2.